The molecule has 0 unspecified atom stereocenters. The first kappa shape index (κ1) is 19.0. The van der Waals surface area contributed by atoms with E-state index in [1.807, 2.05) is 49.6 Å². The van der Waals surface area contributed by atoms with Crippen LogP contribution < -0.4 is 10.6 Å². The SMILES string of the molecule is Cc1ccccc1NC(=O)C(=O)NCC1CCN(Cc2ccncc2)CC1. The molecule has 6 nitrogen and oxygen atoms in total. The number of pyridine rings is 1. The largest absolute Gasteiger partial charge is 0.348 e. The molecule has 0 aliphatic carbocycles. The number of hydrogen-bond donors (Lipinski definition) is 2. The van der Waals surface area contributed by atoms with Crippen molar-refractivity contribution in [1.82, 2.24) is 15.2 Å². The number of rotatable bonds is 5. The van der Waals surface area contributed by atoms with E-state index in [1.165, 1.54) is 5.56 Å². The molecule has 1 saturated heterocycles. The van der Waals surface area contributed by atoms with Crippen molar-refractivity contribution in [2.75, 3.05) is 25.0 Å². The molecule has 1 aromatic carbocycles. The maximum Gasteiger partial charge on any atom is 0.313 e. The van der Waals surface area contributed by atoms with Crippen LogP contribution in [0.1, 0.15) is 24.0 Å². The number of anilines is 1. The molecule has 0 saturated carbocycles. The number of nitrogens with zero attached hydrogens (tertiary/aromatic N) is 2. The molecule has 2 heterocycles. The van der Waals surface area contributed by atoms with Gasteiger partial charge in [0.25, 0.3) is 0 Å². The highest BCUT2D eigenvalue weighted by Gasteiger charge is 2.21. The van der Waals surface area contributed by atoms with E-state index in [0.29, 0.717) is 18.2 Å². The first-order valence-electron chi connectivity index (χ1n) is 9.38. The maximum atomic E-state index is 12.1. The molecule has 2 aromatic rings. The average Bonchev–Trinajstić information content (AvgIpc) is 2.69. The van der Waals surface area contributed by atoms with Gasteiger partial charge in [-0.2, -0.15) is 0 Å². The summed E-state index contributed by atoms with van der Waals surface area (Å²) >= 11 is 0. The van der Waals surface area contributed by atoms with E-state index < -0.39 is 11.8 Å². The molecule has 1 aliphatic heterocycles. The molecule has 2 amide bonds. The van der Waals surface area contributed by atoms with Crippen molar-refractivity contribution in [2.24, 2.45) is 5.92 Å². The summed E-state index contributed by atoms with van der Waals surface area (Å²) in [4.78, 5) is 30.6. The summed E-state index contributed by atoms with van der Waals surface area (Å²) in [5.74, 6) is -0.772. The topological polar surface area (TPSA) is 74.3 Å². The van der Waals surface area contributed by atoms with E-state index in [0.717, 1.165) is 38.0 Å². The zero-order chi connectivity index (χ0) is 19.1. The van der Waals surface area contributed by atoms with Crippen LogP contribution in [0.4, 0.5) is 5.69 Å². The summed E-state index contributed by atoms with van der Waals surface area (Å²) in [6.07, 6.45) is 5.68. The number of carbonyl (C=O) groups excluding carboxylic acids is 2. The van der Waals surface area contributed by atoms with E-state index in [9.17, 15) is 9.59 Å². The van der Waals surface area contributed by atoms with Gasteiger partial charge >= 0.3 is 11.8 Å². The molecular weight excluding hydrogens is 340 g/mol. The molecule has 27 heavy (non-hydrogen) atoms. The van der Waals surface area contributed by atoms with Gasteiger partial charge in [0.1, 0.15) is 0 Å². The lowest BCUT2D eigenvalue weighted by Gasteiger charge is -2.32. The van der Waals surface area contributed by atoms with Crippen LogP contribution >= 0.6 is 0 Å². The van der Waals surface area contributed by atoms with E-state index >= 15 is 0 Å². The Morgan fingerprint density at radius 3 is 2.48 bits per heavy atom. The summed E-state index contributed by atoms with van der Waals surface area (Å²) < 4.78 is 0. The highest BCUT2D eigenvalue weighted by molar-refractivity contribution is 6.39. The molecule has 142 valence electrons. The second-order valence-electron chi connectivity index (χ2n) is 7.05. The van der Waals surface area contributed by atoms with Gasteiger partial charge in [0.05, 0.1) is 0 Å². The van der Waals surface area contributed by atoms with Crippen molar-refractivity contribution >= 4 is 17.5 Å². The predicted octanol–water partition coefficient (Wildman–Crippen LogP) is 2.36. The second-order valence-corrected chi connectivity index (χ2v) is 7.05. The monoisotopic (exact) mass is 366 g/mol. The summed E-state index contributed by atoms with van der Waals surface area (Å²) in [6.45, 7) is 5.37. The number of para-hydroxylation sites is 1. The molecule has 1 fully saturated rings. The predicted molar refractivity (Wildman–Crippen MR) is 105 cm³/mol. The number of piperidine rings is 1. The number of aryl methyl sites for hydroxylation is 1. The summed E-state index contributed by atoms with van der Waals surface area (Å²) in [5.41, 5.74) is 2.87. The van der Waals surface area contributed by atoms with E-state index in [1.54, 1.807) is 6.07 Å². The Bertz CT molecular complexity index is 771. The molecule has 0 bridgehead atoms. The fourth-order valence-electron chi connectivity index (χ4n) is 3.30. The van der Waals surface area contributed by atoms with Crippen molar-refractivity contribution in [3.63, 3.8) is 0 Å². The van der Waals surface area contributed by atoms with Gasteiger partial charge in [-0.1, -0.05) is 18.2 Å². The fourth-order valence-corrected chi connectivity index (χ4v) is 3.30. The van der Waals surface area contributed by atoms with E-state index in [-0.39, 0.29) is 0 Å². The van der Waals surface area contributed by atoms with Crippen molar-refractivity contribution < 1.29 is 9.59 Å². The molecule has 1 aromatic heterocycles. The molecule has 0 radical (unpaired) electrons. The highest BCUT2D eigenvalue weighted by Crippen LogP contribution is 2.18. The van der Waals surface area contributed by atoms with Crippen LogP contribution in [-0.4, -0.2) is 41.3 Å². The van der Waals surface area contributed by atoms with Crippen LogP contribution in [0.2, 0.25) is 0 Å². The van der Waals surface area contributed by atoms with Gasteiger partial charge in [0, 0.05) is 31.2 Å². The number of nitrogens with one attached hydrogen (secondary N) is 2. The van der Waals surface area contributed by atoms with Gasteiger partial charge in [-0.25, -0.2) is 0 Å². The van der Waals surface area contributed by atoms with Crippen LogP contribution in [0.3, 0.4) is 0 Å². The quantitative estimate of drug-likeness (QED) is 0.797. The van der Waals surface area contributed by atoms with Crippen LogP contribution in [0.25, 0.3) is 0 Å². The molecule has 6 heteroatoms. The molecule has 3 rings (SSSR count). The minimum Gasteiger partial charge on any atom is -0.348 e. The van der Waals surface area contributed by atoms with Gasteiger partial charge in [0.2, 0.25) is 0 Å². The zero-order valence-corrected chi connectivity index (χ0v) is 15.6. The third-order valence-electron chi connectivity index (χ3n) is 5.01. The lowest BCUT2D eigenvalue weighted by atomic mass is 9.96. The van der Waals surface area contributed by atoms with Crippen molar-refractivity contribution in [1.29, 1.82) is 0 Å². The normalized spacial score (nSPS) is 15.3. The standard InChI is InChI=1S/C21H26N4O2/c1-16-4-2-3-5-19(16)24-21(27)20(26)23-14-17-8-12-25(13-9-17)15-18-6-10-22-11-7-18/h2-7,10-11,17H,8-9,12-15H2,1H3,(H,23,26)(H,24,27). The van der Waals surface area contributed by atoms with Gasteiger partial charge in [-0.15, -0.1) is 0 Å². The first-order chi connectivity index (χ1) is 13.1. The van der Waals surface area contributed by atoms with Gasteiger partial charge in [0.15, 0.2) is 0 Å². The first-order valence-corrected chi connectivity index (χ1v) is 9.38. The van der Waals surface area contributed by atoms with E-state index in [2.05, 4.69) is 20.5 Å². The third kappa shape index (κ3) is 5.62. The molecule has 0 atom stereocenters. The van der Waals surface area contributed by atoms with Crippen LogP contribution in [-0.2, 0) is 16.1 Å². The maximum absolute atomic E-state index is 12.1. The molecule has 0 spiro atoms. The minimum absolute atomic E-state index is 0.411. The Kier molecular flexibility index (Phi) is 6.54. The second kappa shape index (κ2) is 9.28. The summed E-state index contributed by atoms with van der Waals surface area (Å²) in [6, 6.07) is 11.5. The van der Waals surface area contributed by atoms with Crippen molar-refractivity contribution in [3.8, 4) is 0 Å². The van der Waals surface area contributed by atoms with E-state index in [4.69, 9.17) is 0 Å². The molecular formula is C21H26N4O2. The zero-order valence-electron chi connectivity index (χ0n) is 15.6. The Balaban J connectivity index is 1.38. The van der Waals surface area contributed by atoms with Crippen LogP contribution in [0, 0.1) is 12.8 Å². The van der Waals surface area contributed by atoms with Gasteiger partial charge in [-0.05, 0) is 68.1 Å². The number of aromatic nitrogens is 1. The number of carbonyl (C=O) groups is 2. The lowest BCUT2D eigenvalue weighted by molar-refractivity contribution is -0.136. The van der Waals surface area contributed by atoms with Crippen molar-refractivity contribution in [3.05, 3.63) is 59.9 Å². The van der Waals surface area contributed by atoms with Crippen LogP contribution in [0.5, 0.6) is 0 Å². The number of benzene rings is 1. The lowest BCUT2D eigenvalue weighted by Crippen LogP contribution is -2.41. The minimum atomic E-state index is -0.612. The summed E-state index contributed by atoms with van der Waals surface area (Å²) in [5, 5.41) is 5.45. The fraction of sp³-hybridized carbons (Fsp3) is 0.381. The Labute approximate surface area is 160 Å². The Morgan fingerprint density at radius 1 is 1.07 bits per heavy atom. The van der Waals surface area contributed by atoms with Crippen molar-refractivity contribution in [2.45, 2.75) is 26.3 Å². The molecule has 1 aliphatic rings. The third-order valence-corrected chi connectivity index (χ3v) is 5.01. The number of amides is 2. The summed E-state index contributed by atoms with van der Waals surface area (Å²) in [7, 11) is 0. The van der Waals surface area contributed by atoms with Gasteiger partial charge in [-0.3, -0.25) is 19.5 Å². The Hall–Kier alpha value is -2.73. The Morgan fingerprint density at radius 2 is 1.78 bits per heavy atom. The highest BCUT2D eigenvalue weighted by atomic mass is 16.2. The molecule has 2 N–H and O–H groups in total. The van der Waals surface area contributed by atoms with Crippen LogP contribution in [0.15, 0.2) is 48.8 Å². The smallest absolute Gasteiger partial charge is 0.313 e. The average molecular weight is 366 g/mol. The number of likely N-dealkylation sites (tertiary alicyclic amines) is 1. The van der Waals surface area contributed by atoms with Gasteiger partial charge < -0.3 is 10.6 Å². The number of hydrogen-bond acceptors (Lipinski definition) is 4.